The van der Waals surface area contributed by atoms with Crippen molar-refractivity contribution in [2.24, 2.45) is 5.41 Å². The number of anilines is 2. The van der Waals surface area contributed by atoms with Gasteiger partial charge >= 0.3 is 0 Å². The molecule has 0 bridgehead atoms. The molecule has 0 spiro atoms. The average molecular weight is 384 g/mol. The van der Waals surface area contributed by atoms with Gasteiger partial charge in [0.25, 0.3) is 0 Å². The number of rotatable bonds is 4. The van der Waals surface area contributed by atoms with Gasteiger partial charge in [0, 0.05) is 10.2 Å². The Labute approximate surface area is 147 Å². The summed E-state index contributed by atoms with van der Waals surface area (Å²) in [6.45, 7) is 0. The molecule has 2 aromatic rings. The second kappa shape index (κ2) is 6.46. The van der Waals surface area contributed by atoms with Crippen LogP contribution in [-0.4, -0.2) is 11.8 Å². The van der Waals surface area contributed by atoms with Gasteiger partial charge in [0.1, 0.15) is 5.41 Å². The van der Waals surface area contributed by atoms with Gasteiger partial charge in [-0.15, -0.1) is 0 Å². The smallest absolute Gasteiger partial charge is 0.240 e. The fourth-order valence-electron chi connectivity index (χ4n) is 2.40. The second-order valence-electron chi connectivity index (χ2n) is 5.66. The summed E-state index contributed by atoms with van der Waals surface area (Å²) in [5, 5.41) is 14.5. The SMILES string of the molecule is N#Cc1cccc(NC(=O)C2(C(=O)Nc3ccccc3Br)CC2)c1. The third-order valence-electron chi connectivity index (χ3n) is 3.99. The first kappa shape index (κ1) is 16.2. The van der Waals surface area contributed by atoms with Crippen molar-refractivity contribution in [1.29, 1.82) is 5.26 Å². The topological polar surface area (TPSA) is 82.0 Å². The number of nitrogens with one attached hydrogen (secondary N) is 2. The summed E-state index contributed by atoms with van der Waals surface area (Å²) in [6, 6.07) is 15.9. The molecule has 0 unspecified atom stereocenters. The number of carbonyl (C=O) groups is 2. The van der Waals surface area contributed by atoms with E-state index >= 15 is 0 Å². The summed E-state index contributed by atoms with van der Waals surface area (Å²) in [5.41, 5.74) is 0.556. The van der Waals surface area contributed by atoms with Gasteiger partial charge in [0.15, 0.2) is 0 Å². The number of amides is 2. The third kappa shape index (κ3) is 3.17. The third-order valence-corrected chi connectivity index (χ3v) is 4.68. The Morgan fingerprint density at radius 3 is 2.42 bits per heavy atom. The number of hydrogen-bond donors (Lipinski definition) is 2. The van der Waals surface area contributed by atoms with Crippen molar-refractivity contribution >= 4 is 39.1 Å². The van der Waals surface area contributed by atoms with E-state index in [0.717, 1.165) is 4.47 Å². The Kier molecular flexibility index (Phi) is 4.36. The predicted molar refractivity (Wildman–Crippen MR) is 94.2 cm³/mol. The lowest BCUT2D eigenvalue weighted by Crippen LogP contribution is -2.35. The van der Waals surface area contributed by atoms with Crippen LogP contribution in [0.3, 0.4) is 0 Å². The maximum absolute atomic E-state index is 12.6. The number of nitriles is 1. The molecule has 2 aromatic carbocycles. The number of benzene rings is 2. The number of para-hydroxylation sites is 1. The molecule has 120 valence electrons. The molecule has 1 fully saturated rings. The van der Waals surface area contributed by atoms with Gasteiger partial charge in [-0.2, -0.15) is 5.26 Å². The van der Waals surface area contributed by atoms with Crippen LogP contribution in [0.15, 0.2) is 53.0 Å². The molecule has 1 aliphatic rings. The van der Waals surface area contributed by atoms with Crippen molar-refractivity contribution in [1.82, 2.24) is 0 Å². The highest BCUT2D eigenvalue weighted by Gasteiger charge is 2.56. The minimum absolute atomic E-state index is 0.316. The molecule has 0 heterocycles. The van der Waals surface area contributed by atoms with Crippen LogP contribution in [0.25, 0.3) is 0 Å². The summed E-state index contributed by atoms with van der Waals surface area (Å²) >= 11 is 3.37. The monoisotopic (exact) mass is 383 g/mol. The molecule has 5 nitrogen and oxygen atoms in total. The Morgan fingerprint density at radius 2 is 1.75 bits per heavy atom. The van der Waals surface area contributed by atoms with E-state index in [1.807, 2.05) is 24.3 Å². The van der Waals surface area contributed by atoms with Gasteiger partial charge < -0.3 is 10.6 Å². The van der Waals surface area contributed by atoms with E-state index in [1.165, 1.54) is 0 Å². The van der Waals surface area contributed by atoms with Crippen LogP contribution in [0.5, 0.6) is 0 Å². The molecule has 1 saturated carbocycles. The molecule has 0 atom stereocenters. The van der Waals surface area contributed by atoms with E-state index in [9.17, 15) is 9.59 Å². The summed E-state index contributed by atoms with van der Waals surface area (Å²) in [6.07, 6.45) is 1.01. The van der Waals surface area contributed by atoms with E-state index in [2.05, 4.69) is 26.6 Å². The zero-order chi connectivity index (χ0) is 17.2. The summed E-state index contributed by atoms with van der Waals surface area (Å²) < 4.78 is 0.760. The fourth-order valence-corrected chi connectivity index (χ4v) is 2.79. The Hall–Kier alpha value is -2.65. The normalized spacial score (nSPS) is 14.3. The second-order valence-corrected chi connectivity index (χ2v) is 6.52. The zero-order valence-corrected chi connectivity index (χ0v) is 14.3. The molecule has 6 heteroatoms. The molecular formula is C18H14BrN3O2. The molecule has 1 aliphatic carbocycles. The lowest BCUT2D eigenvalue weighted by molar-refractivity contribution is -0.131. The van der Waals surface area contributed by atoms with Crippen LogP contribution >= 0.6 is 15.9 Å². The first-order valence-corrected chi connectivity index (χ1v) is 8.22. The Morgan fingerprint density at radius 1 is 1.04 bits per heavy atom. The number of hydrogen-bond acceptors (Lipinski definition) is 3. The highest BCUT2D eigenvalue weighted by atomic mass is 79.9. The van der Waals surface area contributed by atoms with Crippen molar-refractivity contribution in [3.8, 4) is 6.07 Å². The predicted octanol–water partition coefficient (Wildman–Crippen LogP) is 3.68. The average Bonchev–Trinajstić information content (AvgIpc) is 3.39. The van der Waals surface area contributed by atoms with Crippen LogP contribution in [0.4, 0.5) is 11.4 Å². The van der Waals surface area contributed by atoms with Gasteiger partial charge in [-0.3, -0.25) is 9.59 Å². The first-order chi connectivity index (χ1) is 11.5. The van der Waals surface area contributed by atoms with Gasteiger partial charge in [-0.05, 0) is 59.1 Å². The van der Waals surface area contributed by atoms with Gasteiger partial charge in [0.05, 0.1) is 17.3 Å². The highest BCUT2D eigenvalue weighted by molar-refractivity contribution is 9.10. The van der Waals surface area contributed by atoms with Crippen LogP contribution in [0, 0.1) is 16.7 Å². The van der Waals surface area contributed by atoms with Crippen molar-refractivity contribution in [3.63, 3.8) is 0 Å². The highest BCUT2D eigenvalue weighted by Crippen LogP contribution is 2.47. The minimum atomic E-state index is -1.04. The molecule has 0 saturated heterocycles. The zero-order valence-electron chi connectivity index (χ0n) is 12.7. The minimum Gasteiger partial charge on any atom is -0.325 e. The van der Waals surface area contributed by atoms with Gasteiger partial charge in [-0.1, -0.05) is 18.2 Å². The Bertz CT molecular complexity index is 853. The number of carbonyl (C=O) groups excluding carboxylic acids is 2. The van der Waals surface area contributed by atoms with Gasteiger partial charge in [-0.25, -0.2) is 0 Å². The summed E-state index contributed by atoms with van der Waals surface area (Å²) in [7, 11) is 0. The van der Waals surface area contributed by atoms with E-state index in [-0.39, 0.29) is 11.8 Å². The summed E-state index contributed by atoms with van der Waals surface area (Å²) in [5.74, 6) is -0.662. The van der Waals surface area contributed by atoms with Crippen molar-refractivity contribution < 1.29 is 9.59 Å². The Balaban J connectivity index is 1.73. The molecule has 24 heavy (non-hydrogen) atoms. The van der Waals surface area contributed by atoms with E-state index < -0.39 is 5.41 Å². The van der Waals surface area contributed by atoms with E-state index in [4.69, 9.17) is 5.26 Å². The fraction of sp³-hybridized carbons (Fsp3) is 0.167. The molecular weight excluding hydrogens is 370 g/mol. The molecule has 0 aliphatic heterocycles. The molecule has 2 amide bonds. The maximum Gasteiger partial charge on any atom is 0.240 e. The van der Waals surface area contributed by atoms with Crippen LogP contribution in [0.2, 0.25) is 0 Å². The lowest BCUT2D eigenvalue weighted by Gasteiger charge is -2.16. The quantitative estimate of drug-likeness (QED) is 0.789. The van der Waals surface area contributed by atoms with E-state index in [0.29, 0.717) is 29.8 Å². The lowest BCUT2D eigenvalue weighted by atomic mass is 10.0. The molecule has 0 aromatic heterocycles. The van der Waals surface area contributed by atoms with Crippen LogP contribution < -0.4 is 10.6 Å². The summed E-state index contributed by atoms with van der Waals surface area (Å²) in [4.78, 5) is 25.1. The van der Waals surface area contributed by atoms with E-state index in [1.54, 1.807) is 30.3 Å². The van der Waals surface area contributed by atoms with Crippen molar-refractivity contribution in [2.45, 2.75) is 12.8 Å². The standard InChI is InChI=1S/C18H14BrN3O2/c19-14-6-1-2-7-15(14)22-17(24)18(8-9-18)16(23)21-13-5-3-4-12(10-13)11-20/h1-7,10H,8-9H2,(H,21,23)(H,22,24). The van der Waals surface area contributed by atoms with Crippen LogP contribution in [-0.2, 0) is 9.59 Å². The number of halogens is 1. The molecule has 3 rings (SSSR count). The van der Waals surface area contributed by atoms with Gasteiger partial charge in [0.2, 0.25) is 11.8 Å². The molecule has 0 radical (unpaired) electrons. The first-order valence-electron chi connectivity index (χ1n) is 7.43. The van der Waals surface area contributed by atoms with Crippen LogP contribution in [0.1, 0.15) is 18.4 Å². The number of nitrogens with zero attached hydrogens (tertiary/aromatic N) is 1. The van der Waals surface area contributed by atoms with Crippen molar-refractivity contribution in [3.05, 3.63) is 58.6 Å². The van der Waals surface area contributed by atoms with Crippen molar-refractivity contribution in [2.75, 3.05) is 10.6 Å². The molecule has 2 N–H and O–H groups in total. The maximum atomic E-state index is 12.6. The largest absolute Gasteiger partial charge is 0.325 e.